The van der Waals surface area contributed by atoms with Crippen LogP contribution in [0, 0.1) is 12.3 Å². The second-order valence-corrected chi connectivity index (χ2v) is 6.87. The normalized spacial score (nSPS) is 14.1. The molecule has 0 bridgehead atoms. The number of hydrogen-bond acceptors (Lipinski definition) is 6. The molecule has 0 amide bonds. The molecule has 3 aromatic heterocycles. The molecule has 27 heavy (non-hydrogen) atoms. The molecule has 9 heteroatoms. The Kier molecular flexibility index (Phi) is 5.45. The minimum absolute atomic E-state index is 0.130. The van der Waals surface area contributed by atoms with Crippen molar-refractivity contribution in [1.29, 1.82) is 0 Å². The summed E-state index contributed by atoms with van der Waals surface area (Å²) in [7, 11) is 0. The van der Waals surface area contributed by atoms with Crippen molar-refractivity contribution >= 4 is 39.7 Å². The Labute approximate surface area is 166 Å². The second kappa shape index (κ2) is 8.67. The first-order chi connectivity index (χ1) is 13.7. The summed E-state index contributed by atoms with van der Waals surface area (Å²) in [5, 5.41) is 5.33. The highest BCUT2D eigenvalue weighted by atomic mass is 35.5. The Hall–Kier alpha value is -2.18. The van der Waals surface area contributed by atoms with Crippen molar-refractivity contribution in [2.24, 2.45) is 5.73 Å². The largest absolute Gasteiger partial charge is 0.456 e. The topological polar surface area (TPSA) is 73.3 Å². The molecule has 0 aromatic carbocycles. The molecule has 0 unspecified atom stereocenters. The monoisotopic (exact) mass is 413 g/mol. The summed E-state index contributed by atoms with van der Waals surface area (Å²) in [4.78, 5) is 5.27. The molecule has 142 valence electrons. The molecule has 3 heterocycles. The highest BCUT2D eigenvalue weighted by Crippen LogP contribution is 2.33. The molecule has 3 N–H and O–H groups in total. The predicted octanol–water partition coefficient (Wildman–Crippen LogP) is 4.25. The van der Waals surface area contributed by atoms with Gasteiger partial charge in [0, 0.05) is 30.0 Å². The molecule has 0 saturated heterocycles. The van der Waals surface area contributed by atoms with E-state index in [0.717, 1.165) is 4.88 Å². The third kappa shape index (κ3) is 4.76. The molecule has 5 nitrogen and oxygen atoms in total. The fourth-order valence-electron chi connectivity index (χ4n) is 2.48. The predicted molar refractivity (Wildman–Crippen MR) is 102 cm³/mol. The van der Waals surface area contributed by atoms with Crippen LogP contribution in [-0.4, -0.2) is 24.2 Å². The average Bonchev–Trinajstić information content (AvgIpc) is 3.25. The zero-order chi connectivity index (χ0) is 21.2. The van der Waals surface area contributed by atoms with E-state index in [9.17, 15) is 8.78 Å². The molecular weight excluding hydrogens is 396 g/mol. The number of nitrogens with one attached hydrogen (secondary N) is 1. The minimum Gasteiger partial charge on any atom is -0.456 e. The van der Waals surface area contributed by atoms with Crippen LogP contribution in [0.3, 0.4) is 0 Å². The number of pyridine rings is 1. The third-order valence-corrected chi connectivity index (χ3v) is 4.64. The van der Waals surface area contributed by atoms with Crippen LogP contribution in [-0.2, 0) is 17.7 Å². The quantitative estimate of drug-likeness (QED) is 0.426. The van der Waals surface area contributed by atoms with Crippen LogP contribution >= 0.6 is 22.9 Å². The molecular formula is C18H16ClF2N3O2S. The van der Waals surface area contributed by atoms with Gasteiger partial charge in [0.25, 0.3) is 0 Å². The lowest BCUT2D eigenvalue weighted by Crippen LogP contribution is -2.29. The lowest BCUT2D eigenvalue weighted by Gasteiger charge is -2.10. The maximum atomic E-state index is 12.4. The van der Waals surface area contributed by atoms with E-state index in [4.69, 9.17) is 30.9 Å². The molecule has 0 spiro atoms. The molecule has 0 aliphatic carbocycles. The Morgan fingerprint density at radius 3 is 3.04 bits per heavy atom. The number of nitrogens with two attached hydrogens (primary N) is 1. The number of anilines is 1. The van der Waals surface area contributed by atoms with E-state index < -0.39 is 19.2 Å². The van der Waals surface area contributed by atoms with Crippen LogP contribution in [0.15, 0.2) is 28.0 Å². The van der Waals surface area contributed by atoms with E-state index in [2.05, 4.69) is 21.0 Å². The van der Waals surface area contributed by atoms with Crippen LogP contribution in [0.5, 0.6) is 0 Å². The fourth-order valence-corrected chi connectivity index (χ4v) is 3.32. The average molecular weight is 414 g/mol. The van der Waals surface area contributed by atoms with Crippen LogP contribution in [0.25, 0.3) is 11.1 Å². The summed E-state index contributed by atoms with van der Waals surface area (Å²) in [6.07, 6.45) is 5.30. The van der Waals surface area contributed by atoms with E-state index in [-0.39, 0.29) is 22.9 Å². The smallest absolute Gasteiger partial charge is 0.345 e. The Bertz CT molecular complexity index is 1040. The molecule has 0 fully saturated rings. The van der Waals surface area contributed by atoms with Gasteiger partial charge < -0.3 is 20.2 Å². The minimum atomic E-state index is -3.31. The van der Waals surface area contributed by atoms with E-state index >= 15 is 0 Å². The van der Waals surface area contributed by atoms with Gasteiger partial charge in [-0.15, -0.1) is 17.8 Å². The number of fused-ring (bicyclic) bond motifs is 1. The van der Waals surface area contributed by atoms with Crippen LogP contribution in [0.1, 0.15) is 18.9 Å². The fraction of sp³-hybridized carbons (Fsp3) is 0.278. The highest BCUT2D eigenvalue weighted by Gasteiger charge is 2.20. The Morgan fingerprint density at radius 1 is 1.56 bits per heavy atom. The van der Waals surface area contributed by atoms with Gasteiger partial charge in [-0.2, -0.15) is 8.78 Å². The number of hydrogen-bond donors (Lipinski definition) is 2. The number of aromatic nitrogens is 1. The first-order valence-electron chi connectivity index (χ1n) is 8.77. The lowest BCUT2D eigenvalue weighted by atomic mass is 10.1. The van der Waals surface area contributed by atoms with Gasteiger partial charge >= 0.3 is 6.61 Å². The van der Waals surface area contributed by atoms with Crippen molar-refractivity contribution < 1.29 is 20.7 Å². The SMILES string of the molecule is [2H]C([2H])(OC(F)F)[C@H](N)Cc1oc2c(NCc3cccs3)cc(Cl)nc2c1C#C. The lowest BCUT2D eigenvalue weighted by molar-refractivity contribution is -0.132. The van der Waals surface area contributed by atoms with Gasteiger partial charge in [-0.3, -0.25) is 0 Å². The summed E-state index contributed by atoms with van der Waals surface area (Å²) < 4.78 is 49.8. The van der Waals surface area contributed by atoms with E-state index in [1.165, 1.54) is 0 Å². The summed E-state index contributed by atoms with van der Waals surface area (Å²) >= 11 is 7.68. The second-order valence-electron chi connectivity index (χ2n) is 5.45. The van der Waals surface area contributed by atoms with Crippen LogP contribution in [0.2, 0.25) is 5.15 Å². The van der Waals surface area contributed by atoms with Crippen molar-refractivity contribution in [1.82, 2.24) is 4.98 Å². The van der Waals surface area contributed by atoms with Crippen LogP contribution in [0.4, 0.5) is 14.5 Å². The van der Waals surface area contributed by atoms with Gasteiger partial charge in [0.1, 0.15) is 16.4 Å². The zero-order valence-electron chi connectivity index (χ0n) is 15.8. The van der Waals surface area contributed by atoms with Gasteiger partial charge in [0.05, 0.1) is 20.6 Å². The highest BCUT2D eigenvalue weighted by molar-refractivity contribution is 7.09. The maximum absolute atomic E-state index is 12.4. The maximum Gasteiger partial charge on any atom is 0.345 e. The zero-order valence-corrected chi connectivity index (χ0v) is 15.4. The summed E-state index contributed by atoms with van der Waals surface area (Å²) in [5.74, 6) is 2.56. The third-order valence-electron chi connectivity index (χ3n) is 3.57. The van der Waals surface area contributed by atoms with Gasteiger partial charge in [-0.05, 0) is 11.4 Å². The number of alkyl halides is 2. The van der Waals surface area contributed by atoms with E-state index in [0.29, 0.717) is 23.3 Å². The summed E-state index contributed by atoms with van der Waals surface area (Å²) in [5.41, 5.74) is 7.12. The number of halogens is 3. The Morgan fingerprint density at radius 2 is 2.37 bits per heavy atom. The number of nitrogens with zero attached hydrogens (tertiary/aromatic N) is 1. The molecule has 3 rings (SSSR count). The molecule has 1 atom stereocenters. The molecule has 0 aliphatic rings. The number of terminal acetylenes is 1. The molecule has 0 saturated carbocycles. The van der Waals surface area contributed by atoms with E-state index in [1.807, 2.05) is 17.5 Å². The number of furan rings is 1. The van der Waals surface area contributed by atoms with Crippen molar-refractivity contribution in [2.75, 3.05) is 11.9 Å². The molecule has 3 aromatic rings. The van der Waals surface area contributed by atoms with Crippen molar-refractivity contribution in [3.8, 4) is 12.3 Å². The molecule has 0 radical (unpaired) electrons. The van der Waals surface area contributed by atoms with Gasteiger partial charge in [-0.1, -0.05) is 23.6 Å². The van der Waals surface area contributed by atoms with Gasteiger partial charge in [-0.25, -0.2) is 4.98 Å². The molecule has 0 aliphatic heterocycles. The number of rotatable bonds is 8. The summed E-state index contributed by atoms with van der Waals surface area (Å²) in [6.45, 7) is -5.59. The first-order valence-corrected chi connectivity index (χ1v) is 9.03. The van der Waals surface area contributed by atoms with Crippen molar-refractivity contribution in [3.63, 3.8) is 0 Å². The summed E-state index contributed by atoms with van der Waals surface area (Å²) in [6, 6.07) is 4.00. The van der Waals surface area contributed by atoms with Crippen molar-refractivity contribution in [2.45, 2.75) is 25.6 Å². The van der Waals surface area contributed by atoms with Gasteiger partial charge in [0.15, 0.2) is 5.58 Å². The van der Waals surface area contributed by atoms with Crippen LogP contribution < -0.4 is 11.1 Å². The standard InChI is InChI=1S/C18H16ClF2N3O2S/c1-2-12-14(6-10(22)9-25-18(20)21)26-17-13(7-15(19)24-16(12)17)23-8-11-4-3-5-27-11/h1,3-5,7,10,18H,6,8-9,22H2,(H,23,24)/t10-/m1/s1/i9D2. The first kappa shape index (κ1) is 17.0. The Balaban J connectivity index is 1.94. The number of thiophene rings is 1. The van der Waals surface area contributed by atoms with Gasteiger partial charge in [0.2, 0.25) is 0 Å². The van der Waals surface area contributed by atoms with E-state index in [1.54, 1.807) is 17.4 Å². The number of ether oxygens (including phenoxy) is 1. The van der Waals surface area contributed by atoms with Crippen molar-refractivity contribution in [3.05, 3.63) is 44.9 Å².